The van der Waals surface area contributed by atoms with Crippen LogP contribution in [0.5, 0.6) is 0 Å². The highest BCUT2D eigenvalue weighted by atomic mass is 35.5. The molecule has 0 atom stereocenters. The van der Waals surface area contributed by atoms with E-state index in [4.69, 9.17) is 23.2 Å². The summed E-state index contributed by atoms with van der Waals surface area (Å²) in [7, 11) is 0. The Balaban J connectivity index is 1.81. The first kappa shape index (κ1) is 20.1. The van der Waals surface area contributed by atoms with Gasteiger partial charge in [0.15, 0.2) is 5.82 Å². The van der Waals surface area contributed by atoms with Crippen LogP contribution in [0.2, 0.25) is 10.0 Å². The number of rotatable bonds is 4. The molecule has 4 aromatic rings. The molecular weight excluding hydrogens is 419 g/mol. The summed E-state index contributed by atoms with van der Waals surface area (Å²) in [6.07, 6.45) is 0. The Morgan fingerprint density at radius 3 is 2.50 bits per heavy atom. The van der Waals surface area contributed by atoms with Crippen molar-refractivity contribution in [2.75, 3.05) is 5.32 Å². The fraction of sp³-hybridized carbons (Fsp3) is 0.0870. The first-order valence-corrected chi connectivity index (χ1v) is 10.0. The number of nitrogens with one attached hydrogen (secondary N) is 1. The molecule has 0 unspecified atom stereocenters. The van der Waals surface area contributed by atoms with E-state index in [1.54, 1.807) is 41.1 Å². The first-order chi connectivity index (χ1) is 14.4. The van der Waals surface area contributed by atoms with E-state index < -0.39 is 5.91 Å². The van der Waals surface area contributed by atoms with Gasteiger partial charge in [-0.05, 0) is 49.7 Å². The predicted molar refractivity (Wildman–Crippen MR) is 121 cm³/mol. The Morgan fingerprint density at radius 1 is 0.967 bits per heavy atom. The van der Waals surface area contributed by atoms with E-state index in [0.717, 1.165) is 22.4 Å². The molecule has 0 fully saturated rings. The fourth-order valence-electron chi connectivity index (χ4n) is 3.17. The van der Waals surface area contributed by atoms with E-state index >= 15 is 0 Å². The van der Waals surface area contributed by atoms with Crippen LogP contribution in [-0.4, -0.2) is 20.7 Å². The molecule has 1 N–H and O–H groups in total. The number of benzene rings is 3. The maximum absolute atomic E-state index is 12.9. The van der Waals surface area contributed by atoms with Crippen LogP contribution in [0.3, 0.4) is 0 Å². The topological polar surface area (TPSA) is 59.8 Å². The quantitative estimate of drug-likeness (QED) is 0.419. The second-order valence-electron chi connectivity index (χ2n) is 6.91. The number of carbonyl (C=O) groups excluding carboxylic acids is 1. The molecule has 0 aliphatic heterocycles. The molecule has 4 rings (SSSR count). The summed E-state index contributed by atoms with van der Waals surface area (Å²) in [4.78, 5) is 17.4. The normalized spacial score (nSPS) is 10.8. The van der Waals surface area contributed by atoms with Crippen LogP contribution in [0, 0.1) is 13.8 Å². The minimum atomic E-state index is -0.449. The molecular formula is C23H18Cl2N4O. The van der Waals surface area contributed by atoms with Crippen molar-refractivity contribution in [2.45, 2.75) is 13.8 Å². The number of para-hydroxylation sites is 1. The predicted octanol–water partition coefficient (Wildman–Crippen LogP) is 6.11. The van der Waals surface area contributed by atoms with E-state index in [-0.39, 0.29) is 5.82 Å². The Labute approximate surface area is 184 Å². The standard InChI is InChI=1S/C23H18Cl2N4O/c1-14-10-11-20(15(2)12-14)29-22(16-6-5-7-17(24)13-16)27-21(28-29)23(30)26-19-9-4-3-8-18(19)25/h3-13H,1-2H3,(H,26,30). The minimum absolute atomic E-state index is 0.0323. The van der Waals surface area contributed by atoms with Gasteiger partial charge in [0, 0.05) is 10.6 Å². The number of nitrogens with zero attached hydrogens (tertiary/aromatic N) is 3. The summed E-state index contributed by atoms with van der Waals surface area (Å²) in [6, 6.07) is 20.3. The summed E-state index contributed by atoms with van der Waals surface area (Å²) >= 11 is 12.3. The van der Waals surface area contributed by atoms with Crippen LogP contribution in [0.25, 0.3) is 17.1 Å². The van der Waals surface area contributed by atoms with Gasteiger partial charge in [-0.25, -0.2) is 9.67 Å². The second kappa shape index (κ2) is 8.30. The molecule has 1 aromatic heterocycles. The number of carbonyl (C=O) groups is 1. The number of aromatic nitrogens is 3. The highest BCUT2D eigenvalue weighted by molar-refractivity contribution is 6.33. The third-order valence-electron chi connectivity index (χ3n) is 4.60. The molecule has 1 heterocycles. The van der Waals surface area contributed by atoms with Crippen LogP contribution in [0.1, 0.15) is 21.7 Å². The van der Waals surface area contributed by atoms with Crippen molar-refractivity contribution < 1.29 is 4.79 Å². The molecule has 0 saturated heterocycles. The third-order valence-corrected chi connectivity index (χ3v) is 5.16. The number of halogens is 2. The van der Waals surface area contributed by atoms with E-state index in [2.05, 4.69) is 21.5 Å². The number of aryl methyl sites for hydroxylation is 2. The van der Waals surface area contributed by atoms with Crippen LogP contribution in [0.15, 0.2) is 66.7 Å². The smallest absolute Gasteiger partial charge is 0.295 e. The van der Waals surface area contributed by atoms with Crippen LogP contribution >= 0.6 is 23.2 Å². The summed E-state index contributed by atoms with van der Waals surface area (Å²) in [5.41, 5.74) is 4.24. The molecule has 0 spiro atoms. The van der Waals surface area contributed by atoms with Gasteiger partial charge in [0.2, 0.25) is 5.82 Å². The molecule has 0 aliphatic carbocycles. The molecule has 30 heavy (non-hydrogen) atoms. The van der Waals surface area contributed by atoms with Crippen LogP contribution in [-0.2, 0) is 0 Å². The molecule has 0 radical (unpaired) electrons. The largest absolute Gasteiger partial charge is 0.318 e. The van der Waals surface area contributed by atoms with Gasteiger partial charge in [0.05, 0.1) is 16.4 Å². The van der Waals surface area contributed by atoms with Gasteiger partial charge in [-0.2, -0.15) is 0 Å². The number of anilines is 1. The van der Waals surface area contributed by atoms with Gasteiger partial charge >= 0.3 is 0 Å². The Kier molecular flexibility index (Phi) is 5.57. The molecule has 1 amide bonds. The van der Waals surface area contributed by atoms with Gasteiger partial charge in [-0.3, -0.25) is 4.79 Å². The van der Waals surface area contributed by atoms with Crippen molar-refractivity contribution in [3.63, 3.8) is 0 Å². The molecule has 3 aromatic carbocycles. The van der Waals surface area contributed by atoms with Crippen molar-refractivity contribution in [2.24, 2.45) is 0 Å². The maximum atomic E-state index is 12.9. The summed E-state index contributed by atoms with van der Waals surface area (Å²) in [5.74, 6) is 0.105. The Morgan fingerprint density at radius 2 is 1.77 bits per heavy atom. The van der Waals surface area contributed by atoms with Crippen molar-refractivity contribution >= 4 is 34.8 Å². The van der Waals surface area contributed by atoms with E-state index in [9.17, 15) is 4.79 Å². The number of amides is 1. The molecule has 150 valence electrons. The lowest BCUT2D eigenvalue weighted by molar-refractivity contribution is 0.101. The van der Waals surface area contributed by atoms with Crippen molar-refractivity contribution in [1.82, 2.24) is 14.8 Å². The lowest BCUT2D eigenvalue weighted by Crippen LogP contribution is -2.14. The zero-order chi connectivity index (χ0) is 21.3. The summed E-state index contributed by atoms with van der Waals surface area (Å²) < 4.78 is 1.67. The Hall–Kier alpha value is -3.15. The summed E-state index contributed by atoms with van der Waals surface area (Å²) in [5, 5.41) is 8.29. The van der Waals surface area contributed by atoms with Gasteiger partial charge < -0.3 is 5.32 Å². The zero-order valence-corrected chi connectivity index (χ0v) is 17.9. The SMILES string of the molecule is Cc1ccc(-n2nc(C(=O)Nc3ccccc3Cl)nc2-c2cccc(Cl)c2)c(C)c1. The van der Waals surface area contributed by atoms with Crippen LogP contribution in [0.4, 0.5) is 5.69 Å². The average Bonchev–Trinajstić information content (AvgIpc) is 3.15. The van der Waals surface area contributed by atoms with Crippen molar-refractivity contribution in [3.05, 3.63) is 93.7 Å². The average molecular weight is 437 g/mol. The fourth-order valence-corrected chi connectivity index (χ4v) is 3.55. The van der Waals surface area contributed by atoms with E-state index in [1.807, 2.05) is 38.1 Å². The second-order valence-corrected chi connectivity index (χ2v) is 7.75. The number of hydrogen-bond acceptors (Lipinski definition) is 3. The third kappa shape index (κ3) is 4.08. The van der Waals surface area contributed by atoms with Gasteiger partial charge in [-0.1, -0.05) is 65.2 Å². The molecule has 5 nitrogen and oxygen atoms in total. The van der Waals surface area contributed by atoms with Crippen LogP contribution < -0.4 is 5.32 Å². The minimum Gasteiger partial charge on any atom is -0.318 e. The molecule has 0 bridgehead atoms. The highest BCUT2D eigenvalue weighted by Gasteiger charge is 2.20. The molecule has 0 aliphatic rings. The Bertz CT molecular complexity index is 1250. The van der Waals surface area contributed by atoms with Gasteiger partial charge in [0.1, 0.15) is 0 Å². The zero-order valence-electron chi connectivity index (χ0n) is 16.4. The lowest BCUT2D eigenvalue weighted by Gasteiger charge is -2.10. The van der Waals surface area contributed by atoms with E-state index in [0.29, 0.717) is 21.6 Å². The lowest BCUT2D eigenvalue weighted by atomic mass is 10.1. The molecule has 0 saturated carbocycles. The first-order valence-electron chi connectivity index (χ1n) is 9.29. The van der Waals surface area contributed by atoms with E-state index in [1.165, 1.54) is 0 Å². The number of hydrogen-bond donors (Lipinski definition) is 1. The maximum Gasteiger partial charge on any atom is 0.295 e. The highest BCUT2D eigenvalue weighted by Crippen LogP contribution is 2.27. The van der Waals surface area contributed by atoms with Crippen molar-refractivity contribution in [3.8, 4) is 17.1 Å². The van der Waals surface area contributed by atoms with Gasteiger partial charge in [-0.15, -0.1) is 5.10 Å². The molecule has 7 heteroatoms. The van der Waals surface area contributed by atoms with Crippen molar-refractivity contribution in [1.29, 1.82) is 0 Å². The summed E-state index contributed by atoms with van der Waals surface area (Å²) in [6.45, 7) is 4.02. The van der Waals surface area contributed by atoms with Gasteiger partial charge in [0.25, 0.3) is 5.91 Å². The monoisotopic (exact) mass is 436 g/mol.